The van der Waals surface area contributed by atoms with E-state index in [-0.39, 0.29) is 20.9 Å². The topological polar surface area (TPSA) is 52.9 Å². The number of nitriles is 1. The van der Waals surface area contributed by atoms with Gasteiger partial charge in [-0.1, -0.05) is 0 Å². The van der Waals surface area contributed by atoms with E-state index in [2.05, 4.69) is 10.3 Å². The summed E-state index contributed by atoms with van der Waals surface area (Å²) in [5.41, 5.74) is 0.786. The van der Waals surface area contributed by atoms with Crippen molar-refractivity contribution in [1.29, 1.82) is 5.26 Å². The van der Waals surface area contributed by atoms with Crippen molar-refractivity contribution in [3.8, 4) is 4.97 Å². The first kappa shape index (κ1) is 9.27. The number of rotatable bonds is 2. The van der Waals surface area contributed by atoms with Gasteiger partial charge in [0.05, 0.1) is 0 Å². The summed E-state index contributed by atoms with van der Waals surface area (Å²) in [5.74, 6) is -0.0941. The van der Waals surface area contributed by atoms with Crippen molar-refractivity contribution in [1.82, 2.24) is 0 Å². The van der Waals surface area contributed by atoms with Crippen molar-refractivity contribution < 1.29 is 4.79 Å². The Hall–Kier alpha value is -0.821. The number of nitrogens with one attached hydrogen (secondary N) is 1. The van der Waals surface area contributed by atoms with Crippen LogP contribution in [0, 0.1) is 10.2 Å². The standard InChI is InChI=1S/C7H6N2OSSe/c1-5(10)9-6-2-3-11-7(6)12-4-8/h2-3H,1H3,(H,9,10). The molecule has 0 saturated heterocycles. The summed E-state index contributed by atoms with van der Waals surface area (Å²) in [4.78, 5) is 12.8. The fourth-order valence-corrected chi connectivity index (χ4v) is 2.82. The number of nitrogens with zero attached hydrogens (tertiary/aromatic N) is 1. The summed E-state index contributed by atoms with van der Waals surface area (Å²) in [7, 11) is 0. The zero-order valence-corrected chi connectivity index (χ0v) is 8.86. The molecular weight excluding hydrogens is 239 g/mol. The van der Waals surface area contributed by atoms with Crippen LogP contribution in [0.25, 0.3) is 0 Å². The SMILES string of the molecule is CC(=O)Nc1ccsc1[Se]C#N. The minimum absolute atomic E-state index is 0.0941. The van der Waals surface area contributed by atoms with Gasteiger partial charge in [0.1, 0.15) is 0 Å². The van der Waals surface area contributed by atoms with Crippen molar-refractivity contribution in [3.63, 3.8) is 0 Å². The van der Waals surface area contributed by atoms with E-state index in [4.69, 9.17) is 5.26 Å². The number of amides is 1. The van der Waals surface area contributed by atoms with Crippen molar-refractivity contribution >= 4 is 41.7 Å². The summed E-state index contributed by atoms with van der Waals surface area (Å²) in [6, 6.07) is 1.82. The fraction of sp³-hybridized carbons (Fsp3) is 0.143. The van der Waals surface area contributed by atoms with Crippen LogP contribution in [-0.4, -0.2) is 20.9 Å². The summed E-state index contributed by atoms with van der Waals surface area (Å²) < 4.78 is 0.972. The molecular formula is C7H6N2OSSe. The molecule has 0 aliphatic heterocycles. The third-order valence-corrected chi connectivity index (χ3v) is 3.87. The second-order valence-corrected chi connectivity index (χ2v) is 5.16. The van der Waals surface area contributed by atoms with E-state index in [1.807, 2.05) is 11.4 Å². The van der Waals surface area contributed by atoms with Gasteiger partial charge in [0.15, 0.2) is 0 Å². The number of thiophene rings is 1. The fourth-order valence-electron chi connectivity index (χ4n) is 0.698. The molecule has 5 heteroatoms. The summed E-state index contributed by atoms with van der Waals surface area (Å²) >= 11 is 1.33. The third kappa shape index (κ3) is 2.35. The Bertz CT molecular complexity index is 328. The molecule has 1 aromatic rings. The molecule has 1 amide bonds. The molecule has 0 aromatic carbocycles. The van der Waals surface area contributed by atoms with E-state index in [0.717, 1.165) is 9.46 Å². The van der Waals surface area contributed by atoms with Crippen LogP contribution >= 0.6 is 11.3 Å². The predicted octanol–water partition coefficient (Wildman–Crippen LogP) is 0.517. The van der Waals surface area contributed by atoms with E-state index in [0.29, 0.717) is 0 Å². The molecule has 0 bridgehead atoms. The van der Waals surface area contributed by atoms with Crippen LogP contribution in [0.3, 0.4) is 0 Å². The summed E-state index contributed by atoms with van der Waals surface area (Å²) in [6.45, 7) is 1.46. The summed E-state index contributed by atoms with van der Waals surface area (Å²) in [5, 5.41) is 13.0. The van der Waals surface area contributed by atoms with Crippen LogP contribution in [0.5, 0.6) is 0 Å². The quantitative estimate of drug-likeness (QED) is 0.772. The van der Waals surface area contributed by atoms with Gasteiger partial charge in [-0.3, -0.25) is 0 Å². The molecule has 0 unspecified atom stereocenters. The van der Waals surface area contributed by atoms with E-state index < -0.39 is 0 Å². The van der Waals surface area contributed by atoms with Gasteiger partial charge in [0.2, 0.25) is 0 Å². The Balaban J connectivity index is 2.78. The molecule has 1 rings (SSSR count). The monoisotopic (exact) mass is 246 g/mol. The molecule has 0 aliphatic carbocycles. The normalized spacial score (nSPS) is 9.00. The first-order valence-corrected chi connectivity index (χ1v) is 5.74. The van der Waals surface area contributed by atoms with Crippen LogP contribution in [0.4, 0.5) is 5.69 Å². The van der Waals surface area contributed by atoms with Crippen molar-refractivity contribution in [2.24, 2.45) is 0 Å². The maximum absolute atomic E-state index is 10.7. The zero-order chi connectivity index (χ0) is 8.97. The van der Waals surface area contributed by atoms with Crippen molar-refractivity contribution in [2.75, 3.05) is 5.32 Å². The van der Waals surface area contributed by atoms with Gasteiger partial charge in [-0.05, 0) is 0 Å². The van der Waals surface area contributed by atoms with Crippen LogP contribution < -0.4 is 9.09 Å². The van der Waals surface area contributed by atoms with Gasteiger partial charge >= 0.3 is 80.4 Å². The molecule has 62 valence electrons. The van der Waals surface area contributed by atoms with Crippen LogP contribution in [0.1, 0.15) is 6.92 Å². The average Bonchev–Trinajstić information content (AvgIpc) is 2.37. The Morgan fingerprint density at radius 2 is 2.58 bits per heavy atom. The molecule has 0 fully saturated rings. The second kappa shape index (κ2) is 4.27. The molecule has 1 aromatic heterocycles. The van der Waals surface area contributed by atoms with Crippen LogP contribution in [0.2, 0.25) is 0 Å². The van der Waals surface area contributed by atoms with Crippen molar-refractivity contribution in [2.45, 2.75) is 6.92 Å². The maximum atomic E-state index is 10.7. The number of carbonyl (C=O) groups excluding carboxylic acids is 1. The van der Waals surface area contributed by atoms with Crippen LogP contribution in [-0.2, 0) is 4.79 Å². The molecule has 1 heterocycles. The van der Waals surface area contributed by atoms with Crippen LogP contribution in [0.15, 0.2) is 11.4 Å². The number of hydrogen-bond acceptors (Lipinski definition) is 3. The van der Waals surface area contributed by atoms with Crippen molar-refractivity contribution in [3.05, 3.63) is 11.4 Å². The first-order valence-electron chi connectivity index (χ1n) is 3.15. The Morgan fingerprint density at radius 1 is 1.83 bits per heavy atom. The van der Waals surface area contributed by atoms with Gasteiger partial charge in [0.25, 0.3) is 0 Å². The molecule has 3 nitrogen and oxygen atoms in total. The number of carbonyl (C=O) groups is 1. The summed E-state index contributed by atoms with van der Waals surface area (Å²) in [6.07, 6.45) is 0. The van der Waals surface area contributed by atoms with E-state index >= 15 is 0 Å². The van der Waals surface area contributed by atoms with E-state index in [1.165, 1.54) is 18.3 Å². The van der Waals surface area contributed by atoms with E-state index in [1.54, 1.807) is 0 Å². The van der Waals surface area contributed by atoms with Gasteiger partial charge in [-0.2, -0.15) is 0 Å². The third-order valence-electron chi connectivity index (χ3n) is 1.08. The molecule has 12 heavy (non-hydrogen) atoms. The predicted molar refractivity (Wildman–Crippen MR) is 49.6 cm³/mol. The van der Waals surface area contributed by atoms with E-state index in [9.17, 15) is 4.79 Å². The molecule has 0 atom stereocenters. The average molecular weight is 245 g/mol. The number of anilines is 1. The zero-order valence-electron chi connectivity index (χ0n) is 6.33. The molecule has 1 N–H and O–H groups in total. The van der Waals surface area contributed by atoms with Gasteiger partial charge < -0.3 is 0 Å². The van der Waals surface area contributed by atoms with Gasteiger partial charge in [0, 0.05) is 0 Å². The van der Waals surface area contributed by atoms with Gasteiger partial charge in [-0.25, -0.2) is 0 Å². The Labute approximate surface area is 80.6 Å². The first-order chi connectivity index (χ1) is 5.74. The van der Waals surface area contributed by atoms with Gasteiger partial charge in [-0.15, -0.1) is 0 Å². The Morgan fingerprint density at radius 3 is 3.17 bits per heavy atom. The molecule has 0 spiro atoms. The molecule has 0 saturated carbocycles. The Kier molecular flexibility index (Phi) is 3.30. The minimum atomic E-state index is -0.175. The second-order valence-electron chi connectivity index (χ2n) is 2.00. The molecule has 0 radical (unpaired) electrons. The number of hydrogen-bond donors (Lipinski definition) is 1. The molecule has 0 aliphatic rings.